The van der Waals surface area contributed by atoms with E-state index in [0.717, 1.165) is 83.5 Å². The molecule has 0 aliphatic carbocycles. The van der Waals surface area contributed by atoms with Gasteiger partial charge in [0.15, 0.2) is 6.10 Å². The van der Waals surface area contributed by atoms with E-state index in [1.54, 1.807) is 0 Å². The van der Waals surface area contributed by atoms with Crippen LogP contribution in [0.4, 0.5) is 0 Å². The molecule has 0 amide bonds. The summed E-state index contributed by atoms with van der Waals surface area (Å²) in [6.07, 6.45) is 82.8. The van der Waals surface area contributed by atoms with Crippen LogP contribution in [0, 0.1) is 0 Å². The van der Waals surface area contributed by atoms with Gasteiger partial charge in [0.2, 0.25) is 0 Å². The number of esters is 3. The van der Waals surface area contributed by atoms with Gasteiger partial charge in [-0.15, -0.1) is 0 Å². The average Bonchev–Trinajstić information content (AvgIpc) is 3.43. The average molecular weight is 1080 g/mol. The molecule has 0 aromatic heterocycles. The highest BCUT2D eigenvalue weighted by Crippen LogP contribution is 2.18. The van der Waals surface area contributed by atoms with Crippen LogP contribution in [-0.4, -0.2) is 37.2 Å². The van der Waals surface area contributed by atoms with Gasteiger partial charge in [-0.1, -0.05) is 320 Å². The minimum absolute atomic E-state index is 0.0727. The number of hydrogen-bond acceptors (Lipinski definition) is 6. The third-order valence-corrected chi connectivity index (χ3v) is 15.3. The molecule has 0 rings (SSSR count). The normalized spacial score (nSPS) is 12.3. The molecular formula is C71H130O6. The van der Waals surface area contributed by atoms with Gasteiger partial charge < -0.3 is 14.2 Å². The van der Waals surface area contributed by atoms with E-state index in [-0.39, 0.29) is 31.1 Å². The first kappa shape index (κ1) is 74.4. The molecular weight excluding hydrogens is 949 g/mol. The van der Waals surface area contributed by atoms with Crippen molar-refractivity contribution in [2.75, 3.05) is 13.2 Å². The van der Waals surface area contributed by atoms with Gasteiger partial charge in [-0.25, -0.2) is 0 Å². The maximum Gasteiger partial charge on any atom is 0.306 e. The van der Waals surface area contributed by atoms with Crippen LogP contribution in [0.15, 0.2) is 48.6 Å². The number of carbonyl (C=O) groups is 3. The zero-order valence-corrected chi connectivity index (χ0v) is 51.7. The summed E-state index contributed by atoms with van der Waals surface area (Å²) in [7, 11) is 0. The van der Waals surface area contributed by atoms with Crippen molar-refractivity contribution in [1.29, 1.82) is 0 Å². The Bertz CT molecular complexity index is 1330. The Balaban J connectivity index is 4.19. The van der Waals surface area contributed by atoms with E-state index in [1.807, 2.05) is 0 Å². The van der Waals surface area contributed by atoms with Crippen LogP contribution in [-0.2, 0) is 28.6 Å². The topological polar surface area (TPSA) is 78.9 Å². The van der Waals surface area contributed by atoms with E-state index in [9.17, 15) is 14.4 Å². The second kappa shape index (κ2) is 65.9. The lowest BCUT2D eigenvalue weighted by atomic mass is 10.0. The van der Waals surface area contributed by atoms with Gasteiger partial charge in [-0.3, -0.25) is 14.4 Å². The predicted octanol–water partition coefficient (Wildman–Crippen LogP) is 23.3. The van der Waals surface area contributed by atoms with Crippen molar-refractivity contribution in [2.45, 2.75) is 374 Å². The fourth-order valence-electron chi connectivity index (χ4n) is 10.1. The molecule has 0 spiro atoms. The Morgan fingerprint density at radius 2 is 0.481 bits per heavy atom. The summed E-state index contributed by atoms with van der Waals surface area (Å²) >= 11 is 0. The van der Waals surface area contributed by atoms with Crippen LogP contribution in [0.1, 0.15) is 367 Å². The number of rotatable bonds is 63. The molecule has 0 fully saturated rings. The van der Waals surface area contributed by atoms with Crippen LogP contribution in [0.5, 0.6) is 0 Å². The van der Waals surface area contributed by atoms with Crippen molar-refractivity contribution < 1.29 is 28.6 Å². The quantitative estimate of drug-likeness (QED) is 0.0261. The Hall–Kier alpha value is -2.63. The first-order valence-electron chi connectivity index (χ1n) is 34.1. The maximum absolute atomic E-state index is 12.9. The second-order valence-electron chi connectivity index (χ2n) is 23.1. The zero-order chi connectivity index (χ0) is 55.7. The van der Waals surface area contributed by atoms with Gasteiger partial charge >= 0.3 is 17.9 Å². The smallest absolute Gasteiger partial charge is 0.306 e. The van der Waals surface area contributed by atoms with Gasteiger partial charge in [0.05, 0.1) is 0 Å². The van der Waals surface area contributed by atoms with Gasteiger partial charge in [-0.05, 0) is 77.0 Å². The number of hydrogen-bond donors (Lipinski definition) is 0. The summed E-state index contributed by atoms with van der Waals surface area (Å²) in [6.45, 7) is 6.64. The molecule has 0 aromatic rings. The van der Waals surface area contributed by atoms with Crippen molar-refractivity contribution in [3.63, 3.8) is 0 Å². The summed E-state index contributed by atoms with van der Waals surface area (Å²) in [6, 6.07) is 0. The third kappa shape index (κ3) is 64.1. The molecule has 450 valence electrons. The van der Waals surface area contributed by atoms with Gasteiger partial charge in [-0.2, -0.15) is 0 Å². The monoisotopic (exact) mass is 1080 g/mol. The van der Waals surface area contributed by atoms with Crippen LogP contribution in [0.25, 0.3) is 0 Å². The highest BCUT2D eigenvalue weighted by atomic mass is 16.6. The minimum Gasteiger partial charge on any atom is -0.462 e. The van der Waals surface area contributed by atoms with E-state index < -0.39 is 6.10 Å². The summed E-state index contributed by atoms with van der Waals surface area (Å²) in [5, 5.41) is 0. The van der Waals surface area contributed by atoms with Gasteiger partial charge in [0.25, 0.3) is 0 Å². The Morgan fingerprint density at radius 3 is 0.753 bits per heavy atom. The summed E-state index contributed by atoms with van der Waals surface area (Å²) in [5.74, 6) is -0.863. The fraction of sp³-hybridized carbons (Fsp3) is 0.845. The summed E-state index contributed by atoms with van der Waals surface area (Å²) in [5.41, 5.74) is 0. The molecule has 0 bridgehead atoms. The lowest BCUT2D eigenvalue weighted by molar-refractivity contribution is -0.167. The summed E-state index contributed by atoms with van der Waals surface area (Å²) in [4.78, 5) is 38.3. The molecule has 0 aromatic carbocycles. The lowest BCUT2D eigenvalue weighted by Gasteiger charge is -2.18. The van der Waals surface area contributed by atoms with Gasteiger partial charge in [0, 0.05) is 19.3 Å². The van der Waals surface area contributed by atoms with Gasteiger partial charge in [0.1, 0.15) is 13.2 Å². The third-order valence-electron chi connectivity index (χ3n) is 15.3. The molecule has 0 heterocycles. The molecule has 0 N–H and O–H groups in total. The van der Waals surface area contributed by atoms with Crippen LogP contribution in [0.3, 0.4) is 0 Å². The molecule has 0 saturated heterocycles. The molecule has 1 unspecified atom stereocenters. The van der Waals surface area contributed by atoms with E-state index in [4.69, 9.17) is 14.2 Å². The highest BCUT2D eigenvalue weighted by molar-refractivity contribution is 5.71. The molecule has 0 aliphatic heterocycles. The Labute approximate surface area is 479 Å². The van der Waals surface area contributed by atoms with E-state index in [1.165, 1.54) is 244 Å². The number of allylic oxidation sites excluding steroid dienone is 8. The van der Waals surface area contributed by atoms with Crippen molar-refractivity contribution in [3.05, 3.63) is 48.6 Å². The molecule has 6 heteroatoms. The van der Waals surface area contributed by atoms with E-state index in [2.05, 4.69) is 69.4 Å². The first-order chi connectivity index (χ1) is 38.0. The number of carbonyl (C=O) groups excluding carboxylic acids is 3. The van der Waals surface area contributed by atoms with Crippen molar-refractivity contribution >= 4 is 17.9 Å². The zero-order valence-electron chi connectivity index (χ0n) is 51.7. The largest absolute Gasteiger partial charge is 0.462 e. The summed E-state index contributed by atoms with van der Waals surface area (Å²) < 4.78 is 16.9. The van der Waals surface area contributed by atoms with E-state index in [0.29, 0.717) is 19.3 Å². The number of ether oxygens (including phenoxy) is 3. The first-order valence-corrected chi connectivity index (χ1v) is 34.1. The maximum atomic E-state index is 12.9. The Morgan fingerprint density at radius 1 is 0.260 bits per heavy atom. The standard InChI is InChI=1S/C71H130O6/c1-4-7-10-13-16-19-22-25-28-30-31-32-33-34-35-36-37-38-39-40-41-42-44-46-49-52-55-58-61-64-70(73)76-67-68(66-75-69(72)63-60-57-54-51-48-45-27-24-21-18-15-12-9-6-3)77-71(74)65-62-59-56-53-50-47-43-29-26-23-20-17-14-11-8-5-2/h15,18,22,24-25,27,30-31,68H,4-14,16-17,19-21,23,26,28-29,32-67H2,1-3H3/b18-15-,25-22-,27-24-,31-30-. The molecule has 0 radical (unpaired) electrons. The van der Waals surface area contributed by atoms with Crippen molar-refractivity contribution in [2.24, 2.45) is 0 Å². The lowest BCUT2D eigenvalue weighted by Crippen LogP contribution is -2.30. The molecule has 0 saturated carbocycles. The number of unbranched alkanes of at least 4 members (excludes halogenated alkanes) is 44. The van der Waals surface area contributed by atoms with Crippen molar-refractivity contribution in [3.8, 4) is 0 Å². The molecule has 6 nitrogen and oxygen atoms in total. The molecule has 77 heavy (non-hydrogen) atoms. The Kier molecular flexibility index (Phi) is 63.6. The van der Waals surface area contributed by atoms with E-state index >= 15 is 0 Å². The highest BCUT2D eigenvalue weighted by Gasteiger charge is 2.19. The minimum atomic E-state index is -0.776. The molecule has 0 aliphatic rings. The fourth-order valence-corrected chi connectivity index (χ4v) is 10.1. The predicted molar refractivity (Wildman–Crippen MR) is 335 cm³/mol. The van der Waals surface area contributed by atoms with Crippen molar-refractivity contribution in [1.82, 2.24) is 0 Å². The van der Waals surface area contributed by atoms with Crippen LogP contribution < -0.4 is 0 Å². The second-order valence-corrected chi connectivity index (χ2v) is 23.1. The molecule has 1 atom stereocenters. The van der Waals surface area contributed by atoms with Crippen LogP contribution in [0.2, 0.25) is 0 Å². The van der Waals surface area contributed by atoms with Crippen LogP contribution >= 0.6 is 0 Å². The SMILES string of the molecule is CCCC/C=C\C/C=C\CCCCCCCC(=O)OCC(COC(=O)CCCCCCCCCCCCCCCCCCC/C=C\C/C=C\CCCCCCC)OC(=O)CCCCCCCCCCCCCCCCCC.